The highest BCUT2D eigenvalue weighted by Gasteiger charge is 2.27. The van der Waals surface area contributed by atoms with Crippen LogP contribution in [-0.2, 0) is 11.2 Å². The fourth-order valence-electron chi connectivity index (χ4n) is 4.65. The van der Waals surface area contributed by atoms with Crippen LogP contribution in [0, 0.1) is 11.5 Å². The van der Waals surface area contributed by atoms with E-state index in [4.69, 9.17) is 20.4 Å². The molecular formula is C30H34N6O2Si. The Kier molecular flexibility index (Phi) is 6.68. The molecule has 0 saturated heterocycles. The number of nitrogens with zero attached hydrogens (tertiary/aromatic N) is 4. The van der Waals surface area contributed by atoms with Crippen LogP contribution in [0.3, 0.4) is 0 Å². The lowest BCUT2D eigenvalue weighted by Gasteiger charge is -2.22. The average Bonchev–Trinajstić information content (AvgIpc) is 3.42. The molecule has 3 N–H and O–H groups in total. The van der Waals surface area contributed by atoms with Crippen molar-refractivity contribution in [1.82, 2.24) is 24.8 Å². The number of benzene rings is 1. The van der Waals surface area contributed by atoms with Crippen molar-refractivity contribution in [3.05, 3.63) is 65.5 Å². The lowest BCUT2D eigenvalue weighted by molar-refractivity contribution is 0.0503. The summed E-state index contributed by atoms with van der Waals surface area (Å²) in [6.45, 7) is 12.2. The lowest BCUT2D eigenvalue weighted by atomic mass is 10.1. The highest BCUT2D eigenvalue weighted by molar-refractivity contribution is 6.83. The molecule has 1 aromatic carbocycles. The van der Waals surface area contributed by atoms with Gasteiger partial charge in [-0.15, -0.1) is 5.54 Å². The maximum atomic E-state index is 12.4. The number of carbonyl (C=O) groups is 1. The molecule has 0 unspecified atom stereocenters. The Balaban J connectivity index is 1.60. The van der Waals surface area contributed by atoms with E-state index in [2.05, 4.69) is 53.5 Å². The van der Waals surface area contributed by atoms with E-state index in [1.165, 1.54) is 0 Å². The van der Waals surface area contributed by atoms with Crippen LogP contribution in [0.4, 0.5) is 10.6 Å². The van der Waals surface area contributed by atoms with Gasteiger partial charge in [0.1, 0.15) is 30.7 Å². The third kappa shape index (κ3) is 5.81. The zero-order valence-corrected chi connectivity index (χ0v) is 24.3. The maximum absolute atomic E-state index is 12.4. The molecule has 0 aliphatic heterocycles. The van der Waals surface area contributed by atoms with Crippen LogP contribution in [0.2, 0.25) is 19.6 Å². The van der Waals surface area contributed by atoms with Crippen molar-refractivity contribution in [2.75, 3.05) is 5.73 Å². The van der Waals surface area contributed by atoms with Gasteiger partial charge in [0, 0.05) is 11.9 Å². The smallest absolute Gasteiger partial charge is 0.408 e. The van der Waals surface area contributed by atoms with Crippen LogP contribution in [-0.4, -0.2) is 39.3 Å². The second-order valence-corrected chi connectivity index (χ2v) is 16.6. The molecule has 1 aliphatic carbocycles. The molecule has 0 bridgehead atoms. The van der Waals surface area contributed by atoms with Crippen molar-refractivity contribution in [3.63, 3.8) is 0 Å². The molecule has 1 amide bonds. The largest absolute Gasteiger partial charge is 0.444 e. The highest BCUT2D eigenvalue weighted by Crippen LogP contribution is 2.36. The monoisotopic (exact) mass is 538 g/mol. The fraction of sp³-hybridized carbons (Fsp3) is 0.333. The van der Waals surface area contributed by atoms with Gasteiger partial charge in [-0.2, -0.15) is 0 Å². The van der Waals surface area contributed by atoms with Crippen molar-refractivity contribution in [2.45, 2.75) is 64.9 Å². The summed E-state index contributed by atoms with van der Waals surface area (Å²) in [4.78, 5) is 26.6. The standard InChI is InChI=1S/C30H34N6O2Si/c1-30(2,3)38-29(37)35-24-13-9-19-18-21(11-12-22(19)24)36-27(23-8-7-16-32-26(23)31)34-25-14-10-20(33-28(25)36)15-17-39(4,5)6/h7-8,10-12,14,16,18,24H,9,13H2,1-6H3,(H2,31,32)(H,35,37)/t24-/m0/s1. The van der Waals surface area contributed by atoms with E-state index in [0.717, 1.165) is 40.7 Å². The molecule has 3 heterocycles. The molecule has 1 aliphatic rings. The molecule has 3 aromatic heterocycles. The number of fused-ring (bicyclic) bond motifs is 2. The number of nitrogens with one attached hydrogen (secondary N) is 1. The van der Waals surface area contributed by atoms with Crippen molar-refractivity contribution >= 4 is 31.1 Å². The summed E-state index contributed by atoms with van der Waals surface area (Å²) >= 11 is 0. The number of amides is 1. The number of carbonyl (C=O) groups excluding carboxylic acids is 1. The van der Waals surface area contributed by atoms with Crippen LogP contribution < -0.4 is 11.1 Å². The van der Waals surface area contributed by atoms with Crippen LogP contribution in [0.1, 0.15) is 50.1 Å². The minimum Gasteiger partial charge on any atom is -0.444 e. The van der Waals surface area contributed by atoms with Gasteiger partial charge in [-0.3, -0.25) is 4.57 Å². The first-order valence-electron chi connectivity index (χ1n) is 13.1. The van der Waals surface area contributed by atoms with Crippen LogP contribution in [0.5, 0.6) is 0 Å². The minimum absolute atomic E-state index is 0.0987. The maximum Gasteiger partial charge on any atom is 0.408 e. The summed E-state index contributed by atoms with van der Waals surface area (Å²) in [6.07, 6.45) is 2.90. The van der Waals surface area contributed by atoms with Gasteiger partial charge in [-0.25, -0.2) is 19.7 Å². The van der Waals surface area contributed by atoms with Gasteiger partial charge in [0.15, 0.2) is 11.5 Å². The first kappa shape index (κ1) is 26.4. The third-order valence-electron chi connectivity index (χ3n) is 6.30. The molecule has 200 valence electrons. The second-order valence-electron chi connectivity index (χ2n) is 11.9. The number of nitrogen functional groups attached to an aromatic ring is 1. The lowest BCUT2D eigenvalue weighted by Crippen LogP contribution is -2.34. The Labute approximate surface area is 230 Å². The number of alkyl carbamates (subject to hydrolysis) is 1. The summed E-state index contributed by atoms with van der Waals surface area (Å²) < 4.78 is 7.50. The average molecular weight is 539 g/mol. The summed E-state index contributed by atoms with van der Waals surface area (Å²) in [5, 5.41) is 3.02. The zero-order chi connectivity index (χ0) is 27.9. The number of nitrogens with two attached hydrogens (primary N) is 1. The van der Waals surface area contributed by atoms with E-state index in [0.29, 0.717) is 23.0 Å². The molecule has 39 heavy (non-hydrogen) atoms. The first-order valence-corrected chi connectivity index (χ1v) is 16.6. The molecule has 8 nitrogen and oxygen atoms in total. The van der Waals surface area contributed by atoms with E-state index >= 15 is 0 Å². The van der Waals surface area contributed by atoms with Crippen molar-refractivity contribution in [3.8, 4) is 28.5 Å². The summed E-state index contributed by atoms with van der Waals surface area (Å²) in [5.74, 6) is 4.33. The van der Waals surface area contributed by atoms with E-state index in [1.54, 1.807) is 6.20 Å². The zero-order valence-electron chi connectivity index (χ0n) is 23.3. The van der Waals surface area contributed by atoms with Gasteiger partial charge in [0.05, 0.1) is 11.6 Å². The summed E-state index contributed by atoms with van der Waals surface area (Å²) in [7, 11) is -1.57. The quantitative estimate of drug-likeness (QED) is 0.252. The third-order valence-corrected chi connectivity index (χ3v) is 7.18. The molecule has 0 saturated carbocycles. The topological polar surface area (TPSA) is 108 Å². The number of hydrogen-bond acceptors (Lipinski definition) is 6. The van der Waals surface area contributed by atoms with Crippen LogP contribution in [0.25, 0.3) is 28.2 Å². The van der Waals surface area contributed by atoms with Gasteiger partial charge >= 0.3 is 6.09 Å². The van der Waals surface area contributed by atoms with E-state index in [1.807, 2.05) is 55.7 Å². The van der Waals surface area contributed by atoms with Gasteiger partial charge in [-0.05, 0) is 81.1 Å². The van der Waals surface area contributed by atoms with Gasteiger partial charge in [0.2, 0.25) is 0 Å². The number of rotatable bonds is 3. The first-order chi connectivity index (χ1) is 18.4. The Morgan fingerprint density at radius 3 is 2.67 bits per heavy atom. The predicted octanol–water partition coefficient (Wildman–Crippen LogP) is 5.81. The van der Waals surface area contributed by atoms with Crippen molar-refractivity contribution in [1.29, 1.82) is 0 Å². The van der Waals surface area contributed by atoms with Crippen LogP contribution >= 0.6 is 0 Å². The summed E-state index contributed by atoms with van der Waals surface area (Å²) in [6, 6.07) is 13.8. The summed E-state index contributed by atoms with van der Waals surface area (Å²) in [5.41, 5.74) is 15.2. The number of hydrogen-bond donors (Lipinski definition) is 2. The second kappa shape index (κ2) is 9.86. The van der Waals surface area contributed by atoms with E-state index in [-0.39, 0.29) is 6.04 Å². The molecule has 5 rings (SSSR count). The Morgan fingerprint density at radius 1 is 1.15 bits per heavy atom. The fourth-order valence-corrected chi connectivity index (χ4v) is 5.16. The minimum atomic E-state index is -1.57. The van der Waals surface area contributed by atoms with Gasteiger partial charge in [0.25, 0.3) is 0 Å². The van der Waals surface area contributed by atoms with Crippen molar-refractivity contribution in [2.24, 2.45) is 0 Å². The number of aromatic nitrogens is 4. The SMILES string of the molecule is CC(C)(C)OC(=O)N[C@H]1CCc2cc(-n3c(-c4cccnc4N)nc4ccc(C#C[Si](C)(C)C)nc43)ccc21. The predicted molar refractivity (Wildman–Crippen MR) is 157 cm³/mol. The number of ether oxygens (including phenoxy) is 1. The number of aryl methyl sites for hydroxylation is 1. The molecule has 9 heteroatoms. The molecule has 1 atom stereocenters. The Bertz CT molecular complexity index is 1640. The van der Waals surface area contributed by atoms with E-state index in [9.17, 15) is 4.79 Å². The molecule has 0 spiro atoms. The van der Waals surface area contributed by atoms with E-state index < -0.39 is 19.8 Å². The Morgan fingerprint density at radius 2 is 1.95 bits per heavy atom. The molecule has 4 aromatic rings. The van der Waals surface area contributed by atoms with Gasteiger partial charge < -0.3 is 15.8 Å². The molecule has 0 radical (unpaired) electrons. The number of imidazole rings is 1. The number of anilines is 1. The molecule has 0 fully saturated rings. The highest BCUT2D eigenvalue weighted by atomic mass is 28.3. The normalized spacial score (nSPS) is 15.0. The molecular weight excluding hydrogens is 504 g/mol. The number of pyridine rings is 2. The Hall–Kier alpha value is -4.16. The van der Waals surface area contributed by atoms with Crippen LogP contribution in [0.15, 0.2) is 48.7 Å². The van der Waals surface area contributed by atoms with Gasteiger partial charge in [-0.1, -0.05) is 31.6 Å². The van der Waals surface area contributed by atoms with Crippen molar-refractivity contribution < 1.29 is 9.53 Å².